The number of hydrogen-bond donors (Lipinski definition) is 1. The molecule has 0 aliphatic carbocycles. The van der Waals surface area contributed by atoms with Gasteiger partial charge in [0, 0.05) is 19.9 Å². The molecule has 0 saturated carbocycles. The second-order valence-electron chi connectivity index (χ2n) is 2.30. The minimum atomic E-state index is -0.312. The first kappa shape index (κ1) is 10.4. The van der Waals surface area contributed by atoms with Crippen molar-refractivity contribution in [2.75, 3.05) is 6.54 Å². The zero-order chi connectivity index (χ0) is 8.69. The smallest absolute Gasteiger partial charge is 0.221 e. The first-order valence-corrected chi connectivity index (χ1v) is 3.93. The van der Waals surface area contributed by atoms with Crippen LogP contribution in [0.3, 0.4) is 0 Å². The molecule has 0 aromatic rings. The SMILES string of the molecule is CC(=O)NCCCCC(=O)Cl. The summed E-state index contributed by atoms with van der Waals surface area (Å²) in [7, 11) is 0. The number of halogens is 1. The number of carbonyl (C=O) groups excluding carboxylic acids is 2. The molecule has 1 amide bonds. The number of unbranched alkanes of at least 4 members (excludes halogenated alkanes) is 1. The van der Waals surface area contributed by atoms with Crippen molar-refractivity contribution in [1.82, 2.24) is 5.32 Å². The van der Waals surface area contributed by atoms with Crippen molar-refractivity contribution in [2.24, 2.45) is 0 Å². The molecule has 11 heavy (non-hydrogen) atoms. The molecule has 64 valence electrons. The molecule has 3 nitrogen and oxygen atoms in total. The maximum absolute atomic E-state index is 10.3. The van der Waals surface area contributed by atoms with Crippen molar-refractivity contribution in [1.29, 1.82) is 0 Å². The van der Waals surface area contributed by atoms with Gasteiger partial charge in [-0.25, -0.2) is 0 Å². The number of nitrogens with one attached hydrogen (secondary N) is 1. The Bertz CT molecular complexity index is 131. The molecule has 0 saturated heterocycles. The van der Waals surface area contributed by atoms with Crippen molar-refractivity contribution in [3.8, 4) is 0 Å². The highest BCUT2D eigenvalue weighted by molar-refractivity contribution is 6.63. The van der Waals surface area contributed by atoms with Crippen LogP contribution in [-0.4, -0.2) is 17.7 Å². The second-order valence-corrected chi connectivity index (χ2v) is 2.72. The minimum Gasteiger partial charge on any atom is -0.356 e. The van der Waals surface area contributed by atoms with Crippen LogP contribution >= 0.6 is 11.6 Å². The lowest BCUT2D eigenvalue weighted by Gasteiger charge is -1.98. The number of amides is 1. The maximum atomic E-state index is 10.3. The summed E-state index contributed by atoms with van der Waals surface area (Å²) in [5.41, 5.74) is 0. The van der Waals surface area contributed by atoms with E-state index in [-0.39, 0.29) is 11.1 Å². The van der Waals surface area contributed by atoms with E-state index < -0.39 is 0 Å². The van der Waals surface area contributed by atoms with Crippen LogP contribution < -0.4 is 5.32 Å². The fraction of sp³-hybridized carbons (Fsp3) is 0.714. The topological polar surface area (TPSA) is 46.2 Å². The van der Waals surface area contributed by atoms with Gasteiger partial charge in [0.15, 0.2) is 0 Å². The van der Waals surface area contributed by atoms with Crippen molar-refractivity contribution < 1.29 is 9.59 Å². The van der Waals surface area contributed by atoms with Crippen LogP contribution in [0.1, 0.15) is 26.2 Å². The molecule has 0 spiro atoms. The van der Waals surface area contributed by atoms with Crippen molar-refractivity contribution in [2.45, 2.75) is 26.2 Å². The van der Waals surface area contributed by atoms with Gasteiger partial charge in [0.05, 0.1) is 0 Å². The van der Waals surface area contributed by atoms with Gasteiger partial charge in [0.1, 0.15) is 0 Å². The Morgan fingerprint density at radius 1 is 1.36 bits per heavy atom. The molecule has 0 atom stereocenters. The molecular weight excluding hydrogens is 166 g/mol. The summed E-state index contributed by atoms with van der Waals surface area (Å²) in [5, 5.41) is 2.31. The molecule has 0 aliphatic rings. The van der Waals surface area contributed by atoms with E-state index >= 15 is 0 Å². The van der Waals surface area contributed by atoms with Crippen LogP contribution in [0.2, 0.25) is 0 Å². The van der Waals surface area contributed by atoms with Crippen molar-refractivity contribution in [3.63, 3.8) is 0 Å². The molecule has 0 radical (unpaired) electrons. The number of rotatable bonds is 5. The average molecular weight is 178 g/mol. The lowest BCUT2D eigenvalue weighted by Crippen LogP contribution is -2.20. The predicted molar refractivity (Wildman–Crippen MR) is 43.4 cm³/mol. The molecule has 4 heteroatoms. The van der Waals surface area contributed by atoms with E-state index in [0.29, 0.717) is 13.0 Å². The monoisotopic (exact) mass is 177 g/mol. The molecule has 1 N–H and O–H groups in total. The van der Waals surface area contributed by atoms with Crippen LogP contribution in [0.25, 0.3) is 0 Å². The summed E-state index contributed by atoms with van der Waals surface area (Å²) in [6, 6.07) is 0. The third-order valence-electron chi connectivity index (χ3n) is 1.17. The van der Waals surface area contributed by atoms with Gasteiger partial charge >= 0.3 is 0 Å². The number of hydrogen-bond acceptors (Lipinski definition) is 2. The zero-order valence-electron chi connectivity index (χ0n) is 6.52. The lowest BCUT2D eigenvalue weighted by molar-refractivity contribution is -0.118. The summed E-state index contributed by atoms with van der Waals surface area (Å²) in [4.78, 5) is 20.6. The fourth-order valence-corrected chi connectivity index (χ4v) is 0.787. The Balaban J connectivity index is 3.03. The third-order valence-corrected chi connectivity index (χ3v) is 1.36. The van der Waals surface area contributed by atoms with Crippen molar-refractivity contribution in [3.05, 3.63) is 0 Å². The largest absolute Gasteiger partial charge is 0.356 e. The molecule has 0 aliphatic heterocycles. The van der Waals surface area contributed by atoms with Crippen LogP contribution in [0, 0.1) is 0 Å². The van der Waals surface area contributed by atoms with Gasteiger partial charge < -0.3 is 5.32 Å². The molecule has 0 aromatic carbocycles. The van der Waals surface area contributed by atoms with Gasteiger partial charge in [0.25, 0.3) is 0 Å². The van der Waals surface area contributed by atoms with Gasteiger partial charge in [-0.3, -0.25) is 9.59 Å². The second kappa shape index (κ2) is 6.16. The molecule has 0 heterocycles. The van der Waals surface area contributed by atoms with E-state index in [1.807, 2.05) is 0 Å². The summed E-state index contributed by atoms with van der Waals surface area (Å²) in [6.45, 7) is 2.09. The summed E-state index contributed by atoms with van der Waals surface area (Å²) in [6.07, 6.45) is 1.93. The molecule has 0 fully saturated rings. The lowest BCUT2D eigenvalue weighted by atomic mass is 10.2. The van der Waals surface area contributed by atoms with Gasteiger partial charge in [-0.15, -0.1) is 0 Å². The van der Waals surface area contributed by atoms with Gasteiger partial charge in [-0.05, 0) is 24.4 Å². The first-order chi connectivity index (χ1) is 5.13. The molecule has 0 bridgehead atoms. The molecule has 0 unspecified atom stereocenters. The Labute approximate surface area is 71.1 Å². The predicted octanol–water partition coefficient (Wildman–Crippen LogP) is 1.06. The minimum absolute atomic E-state index is 0.0396. The quantitative estimate of drug-likeness (QED) is 0.504. The average Bonchev–Trinajstić information content (AvgIpc) is 1.85. The normalized spacial score (nSPS) is 9.27. The highest BCUT2D eigenvalue weighted by atomic mass is 35.5. The van der Waals surface area contributed by atoms with Crippen molar-refractivity contribution >= 4 is 22.8 Å². The Kier molecular flexibility index (Phi) is 5.84. The maximum Gasteiger partial charge on any atom is 0.221 e. The summed E-state index contributed by atoms with van der Waals surface area (Å²) < 4.78 is 0. The van der Waals surface area contributed by atoms with Crippen LogP contribution in [0.5, 0.6) is 0 Å². The van der Waals surface area contributed by atoms with Gasteiger partial charge in [-0.2, -0.15) is 0 Å². The van der Waals surface area contributed by atoms with E-state index in [9.17, 15) is 9.59 Å². The van der Waals surface area contributed by atoms with Crippen LogP contribution in [-0.2, 0) is 9.59 Å². The first-order valence-electron chi connectivity index (χ1n) is 3.55. The molecular formula is C7H12ClNO2. The van der Waals surface area contributed by atoms with Gasteiger partial charge in [0.2, 0.25) is 11.1 Å². The highest BCUT2D eigenvalue weighted by Gasteiger charge is 1.95. The van der Waals surface area contributed by atoms with Crippen LogP contribution in [0.15, 0.2) is 0 Å². The third kappa shape index (κ3) is 9.43. The Morgan fingerprint density at radius 2 is 2.00 bits per heavy atom. The molecule has 0 aromatic heterocycles. The zero-order valence-corrected chi connectivity index (χ0v) is 7.28. The van der Waals surface area contributed by atoms with E-state index in [0.717, 1.165) is 12.8 Å². The molecule has 0 rings (SSSR count). The Morgan fingerprint density at radius 3 is 2.45 bits per heavy atom. The fourth-order valence-electron chi connectivity index (χ4n) is 0.653. The highest BCUT2D eigenvalue weighted by Crippen LogP contribution is 1.97. The summed E-state index contributed by atoms with van der Waals surface area (Å²) >= 11 is 5.09. The van der Waals surface area contributed by atoms with Crippen LogP contribution in [0.4, 0.5) is 0 Å². The van der Waals surface area contributed by atoms with E-state index in [2.05, 4.69) is 5.32 Å². The van der Waals surface area contributed by atoms with Gasteiger partial charge in [-0.1, -0.05) is 0 Å². The standard InChI is InChI=1S/C7H12ClNO2/c1-6(10)9-5-3-2-4-7(8)11/h2-5H2,1H3,(H,9,10). The van der Waals surface area contributed by atoms with E-state index in [1.54, 1.807) is 0 Å². The van der Waals surface area contributed by atoms with E-state index in [4.69, 9.17) is 11.6 Å². The summed E-state index contributed by atoms with van der Waals surface area (Å²) in [5.74, 6) is -0.0396. The Hall–Kier alpha value is -0.570. The van der Waals surface area contributed by atoms with E-state index in [1.165, 1.54) is 6.92 Å². The number of carbonyl (C=O) groups is 2.